The van der Waals surface area contributed by atoms with Crippen LogP contribution in [-0.4, -0.2) is 10.8 Å². The van der Waals surface area contributed by atoms with Crippen molar-refractivity contribution in [1.82, 2.24) is 4.98 Å². The summed E-state index contributed by atoms with van der Waals surface area (Å²) in [5, 5.41) is 0. The highest BCUT2D eigenvalue weighted by molar-refractivity contribution is 5.94. The Balaban J connectivity index is 2.36. The zero-order chi connectivity index (χ0) is 12.5. The smallest absolute Gasteiger partial charge is 0.181 e. The lowest BCUT2D eigenvalue weighted by molar-refractivity contribution is -0.0259. The van der Waals surface area contributed by atoms with Crippen molar-refractivity contribution in [3.05, 3.63) is 29.1 Å². The second-order valence-electron chi connectivity index (χ2n) is 4.77. The highest BCUT2D eigenvalue weighted by atomic mass is 16.5. The zero-order valence-electron chi connectivity index (χ0n) is 10.7. The monoisotopic (exact) mass is 233 g/mol. The van der Waals surface area contributed by atoms with Crippen LogP contribution in [0, 0.1) is 0 Å². The predicted molar refractivity (Wildman–Crippen MR) is 65.9 cm³/mol. The van der Waals surface area contributed by atoms with Gasteiger partial charge in [-0.15, -0.1) is 0 Å². The van der Waals surface area contributed by atoms with Gasteiger partial charge in [-0.25, -0.2) is 0 Å². The molecule has 1 aliphatic heterocycles. The summed E-state index contributed by atoms with van der Waals surface area (Å²) >= 11 is 0. The van der Waals surface area contributed by atoms with Crippen LogP contribution in [-0.2, 0) is 16.9 Å². The van der Waals surface area contributed by atoms with Crippen LogP contribution in [0.3, 0.4) is 0 Å². The van der Waals surface area contributed by atoms with Crippen LogP contribution in [0.1, 0.15) is 61.6 Å². The Morgan fingerprint density at radius 2 is 2.29 bits per heavy atom. The first-order valence-corrected chi connectivity index (χ1v) is 6.27. The number of hydrogen-bond donors (Lipinski definition) is 0. The molecule has 1 unspecified atom stereocenters. The van der Waals surface area contributed by atoms with Crippen molar-refractivity contribution >= 4 is 5.78 Å². The van der Waals surface area contributed by atoms with E-state index in [1.165, 1.54) is 0 Å². The van der Waals surface area contributed by atoms with Crippen LogP contribution >= 0.6 is 0 Å². The fourth-order valence-corrected chi connectivity index (χ4v) is 2.21. The molecule has 1 atom stereocenters. The Labute approximate surface area is 102 Å². The van der Waals surface area contributed by atoms with E-state index in [4.69, 9.17) is 4.74 Å². The quantitative estimate of drug-likeness (QED) is 0.749. The molecular formula is C14H19NO2. The van der Waals surface area contributed by atoms with Crippen LogP contribution in [0.15, 0.2) is 12.3 Å². The molecule has 0 saturated carbocycles. The van der Waals surface area contributed by atoms with E-state index in [9.17, 15) is 4.79 Å². The van der Waals surface area contributed by atoms with E-state index in [1.807, 2.05) is 13.0 Å². The molecule has 17 heavy (non-hydrogen) atoms. The summed E-state index contributed by atoms with van der Waals surface area (Å²) < 4.78 is 5.80. The van der Waals surface area contributed by atoms with Gasteiger partial charge in [0.25, 0.3) is 0 Å². The van der Waals surface area contributed by atoms with E-state index in [-0.39, 0.29) is 11.4 Å². The lowest BCUT2D eigenvalue weighted by Crippen LogP contribution is -2.19. The predicted octanol–water partition coefficient (Wildman–Crippen LogP) is 3.22. The molecule has 3 heteroatoms. The van der Waals surface area contributed by atoms with Crippen LogP contribution in [0.25, 0.3) is 0 Å². The molecule has 0 bridgehead atoms. The van der Waals surface area contributed by atoms with E-state index in [0.717, 1.165) is 24.0 Å². The van der Waals surface area contributed by atoms with Gasteiger partial charge in [-0.05, 0) is 31.4 Å². The van der Waals surface area contributed by atoms with Crippen LogP contribution in [0.2, 0.25) is 0 Å². The lowest BCUT2D eigenvalue weighted by Gasteiger charge is -2.22. The molecule has 0 aliphatic carbocycles. The molecule has 1 aromatic heterocycles. The second kappa shape index (κ2) is 4.57. The van der Waals surface area contributed by atoms with Crippen molar-refractivity contribution in [2.45, 2.75) is 52.2 Å². The Hall–Kier alpha value is -1.22. The van der Waals surface area contributed by atoms with Crippen molar-refractivity contribution in [3.8, 4) is 0 Å². The molecule has 2 rings (SSSR count). The summed E-state index contributed by atoms with van der Waals surface area (Å²) in [6.07, 6.45) is 4.12. The van der Waals surface area contributed by atoms with E-state index < -0.39 is 0 Å². The van der Waals surface area contributed by atoms with Gasteiger partial charge in [0, 0.05) is 18.2 Å². The number of aromatic nitrogens is 1. The average molecular weight is 233 g/mol. The number of pyridine rings is 1. The number of hydrogen-bond acceptors (Lipinski definition) is 3. The number of carbonyl (C=O) groups excluding carboxylic acids is 1. The zero-order valence-corrected chi connectivity index (χ0v) is 10.7. The molecule has 0 saturated heterocycles. The number of ether oxygens (including phenoxy) is 1. The summed E-state index contributed by atoms with van der Waals surface area (Å²) in [5.41, 5.74) is 2.58. The van der Waals surface area contributed by atoms with Crippen molar-refractivity contribution in [2.75, 3.05) is 0 Å². The maximum atomic E-state index is 11.8. The summed E-state index contributed by atoms with van der Waals surface area (Å²) in [6, 6.07) is 1.92. The van der Waals surface area contributed by atoms with Gasteiger partial charge >= 0.3 is 0 Å². The molecular weight excluding hydrogens is 214 g/mol. The second-order valence-corrected chi connectivity index (χ2v) is 4.77. The largest absolute Gasteiger partial charge is 0.366 e. The van der Waals surface area contributed by atoms with Gasteiger partial charge in [0.1, 0.15) is 5.69 Å². The third kappa shape index (κ3) is 2.12. The lowest BCUT2D eigenvalue weighted by atomic mass is 9.92. The van der Waals surface area contributed by atoms with E-state index in [2.05, 4.69) is 18.8 Å². The molecule has 1 aromatic rings. The van der Waals surface area contributed by atoms with Crippen molar-refractivity contribution in [3.63, 3.8) is 0 Å². The molecule has 2 heterocycles. The number of Topliss-reactive ketones (excluding diaryl/α,β-unsaturated/α-hetero) is 1. The maximum absolute atomic E-state index is 11.8. The van der Waals surface area contributed by atoms with Crippen molar-refractivity contribution in [1.29, 1.82) is 0 Å². The number of fused-ring (bicyclic) bond motifs is 1. The standard InChI is InChI=1S/C14H19NO2/c1-4-6-13(16)12-7-11-10(8-15-12)9-17-14(11,3)5-2/h7-8H,4-6,9H2,1-3H3. The SMILES string of the molecule is CCCC(=O)c1cc2c(cn1)COC2(C)CC. The van der Waals surface area contributed by atoms with E-state index in [0.29, 0.717) is 18.7 Å². The van der Waals surface area contributed by atoms with Crippen molar-refractivity contribution in [2.24, 2.45) is 0 Å². The molecule has 0 amide bonds. The van der Waals surface area contributed by atoms with Gasteiger partial charge in [-0.2, -0.15) is 0 Å². The van der Waals surface area contributed by atoms with Gasteiger partial charge in [0.05, 0.1) is 12.2 Å². The highest BCUT2D eigenvalue weighted by Gasteiger charge is 2.34. The van der Waals surface area contributed by atoms with Gasteiger partial charge in [0.2, 0.25) is 0 Å². The number of carbonyl (C=O) groups is 1. The Kier molecular flexibility index (Phi) is 3.29. The number of nitrogens with zero attached hydrogens (tertiary/aromatic N) is 1. The summed E-state index contributed by atoms with van der Waals surface area (Å²) in [4.78, 5) is 16.1. The van der Waals surface area contributed by atoms with Gasteiger partial charge in [-0.3, -0.25) is 9.78 Å². The minimum atomic E-state index is -0.250. The molecule has 92 valence electrons. The fourth-order valence-electron chi connectivity index (χ4n) is 2.21. The Morgan fingerprint density at radius 1 is 1.53 bits per heavy atom. The molecule has 0 N–H and O–H groups in total. The fraction of sp³-hybridized carbons (Fsp3) is 0.571. The first-order chi connectivity index (χ1) is 8.10. The highest BCUT2D eigenvalue weighted by Crippen LogP contribution is 2.38. The Morgan fingerprint density at radius 3 is 2.94 bits per heavy atom. The average Bonchev–Trinajstić information content (AvgIpc) is 2.68. The number of rotatable bonds is 4. The molecule has 0 spiro atoms. The third-order valence-electron chi connectivity index (χ3n) is 3.54. The van der Waals surface area contributed by atoms with Crippen LogP contribution < -0.4 is 0 Å². The first-order valence-electron chi connectivity index (χ1n) is 6.27. The Bertz CT molecular complexity index is 442. The number of ketones is 1. The molecule has 3 nitrogen and oxygen atoms in total. The van der Waals surface area contributed by atoms with Gasteiger partial charge in [-0.1, -0.05) is 13.8 Å². The van der Waals surface area contributed by atoms with Gasteiger partial charge < -0.3 is 4.74 Å². The van der Waals surface area contributed by atoms with E-state index >= 15 is 0 Å². The van der Waals surface area contributed by atoms with Crippen LogP contribution in [0.4, 0.5) is 0 Å². The summed E-state index contributed by atoms with van der Waals surface area (Å²) in [7, 11) is 0. The van der Waals surface area contributed by atoms with Gasteiger partial charge in [0.15, 0.2) is 5.78 Å². The molecule has 1 aliphatic rings. The van der Waals surface area contributed by atoms with Crippen LogP contribution in [0.5, 0.6) is 0 Å². The molecule has 0 aromatic carbocycles. The topological polar surface area (TPSA) is 39.2 Å². The van der Waals surface area contributed by atoms with Crippen molar-refractivity contribution < 1.29 is 9.53 Å². The molecule has 0 fully saturated rings. The molecule has 0 radical (unpaired) electrons. The normalized spacial score (nSPS) is 22.5. The maximum Gasteiger partial charge on any atom is 0.181 e. The minimum Gasteiger partial charge on any atom is -0.366 e. The van der Waals surface area contributed by atoms with E-state index in [1.54, 1.807) is 6.20 Å². The minimum absolute atomic E-state index is 0.126. The summed E-state index contributed by atoms with van der Waals surface area (Å²) in [6.45, 7) is 6.79. The third-order valence-corrected chi connectivity index (χ3v) is 3.54. The first kappa shape index (κ1) is 12.2. The summed E-state index contributed by atoms with van der Waals surface area (Å²) in [5.74, 6) is 0.126.